The van der Waals surface area contributed by atoms with Crippen molar-refractivity contribution < 1.29 is 18.4 Å². The van der Waals surface area contributed by atoms with E-state index in [-0.39, 0.29) is 29.6 Å². The predicted molar refractivity (Wildman–Crippen MR) is 134 cm³/mol. The quantitative estimate of drug-likeness (QED) is 0.390. The van der Waals surface area contributed by atoms with Crippen molar-refractivity contribution in [3.8, 4) is 10.4 Å². The number of benzene rings is 2. The van der Waals surface area contributed by atoms with Crippen LogP contribution in [0.4, 0.5) is 4.39 Å². The minimum absolute atomic E-state index is 0.156. The summed E-state index contributed by atoms with van der Waals surface area (Å²) in [6, 6.07) is 13.1. The van der Waals surface area contributed by atoms with Gasteiger partial charge < -0.3 is 14.6 Å². The van der Waals surface area contributed by atoms with Crippen molar-refractivity contribution in [1.29, 1.82) is 0 Å². The van der Waals surface area contributed by atoms with Gasteiger partial charge in [0.2, 0.25) is 0 Å². The number of carbonyl (C=O) groups is 2. The van der Waals surface area contributed by atoms with Crippen LogP contribution in [-0.2, 0) is 0 Å². The maximum absolute atomic E-state index is 13.8. The van der Waals surface area contributed by atoms with Gasteiger partial charge in [-0.05, 0) is 61.6 Å². The molecule has 1 aliphatic rings. The highest BCUT2D eigenvalue weighted by Crippen LogP contribution is 2.33. The number of carbonyl (C=O) groups excluding carboxylic acids is 2. The number of aromatic nitrogens is 1. The third kappa shape index (κ3) is 4.58. The normalized spacial score (nSPS) is 18.1. The highest BCUT2D eigenvalue weighted by Gasteiger charge is 2.35. The van der Waals surface area contributed by atoms with Crippen molar-refractivity contribution >= 4 is 34.1 Å². The van der Waals surface area contributed by atoms with Gasteiger partial charge in [-0.2, -0.15) is 0 Å². The summed E-state index contributed by atoms with van der Waals surface area (Å²) in [5, 5.41) is 4.58. The molecule has 8 heteroatoms. The molecule has 2 atom stereocenters. The molecule has 3 heterocycles. The fraction of sp³-hybridized carbons (Fsp3) is 0.296. The molecular formula is C27H26FN3O3S. The summed E-state index contributed by atoms with van der Waals surface area (Å²) in [5.74, 6) is -0.462. The number of hydrogen-bond donors (Lipinski definition) is 1. The number of amides is 2. The highest BCUT2D eigenvalue weighted by molar-refractivity contribution is 7.15. The Kier molecular flexibility index (Phi) is 6.38. The zero-order chi connectivity index (χ0) is 24.5. The first kappa shape index (κ1) is 23.2. The largest absolute Gasteiger partial charge is 0.464 e. The third-order valence-electron chi connectivity index (χ3n) is 6.63. The Morgan fingerprint density at radius 3 is 2.80 bits per heavy atom. The molecule has 6 nitrogen and oxygen atoms in total. The Balaban J connectivity index is 1.38. The number of furan rings is 1. The van der Waals surface area contributed by atoms with Crippen molar-refractivity contribution in [1.82, 2.24) is 15.2 Å². The van der Waals surface area contributed by atoms with Gasteiger partial charge in [-0.25, -0.2) is 9.37 Å². The lowest BCUT2D eigenvalue weighted by Gasteiger charge is -2.40. The van der Waals surface area contributed by atoms with Crippen LogP contribution in [0.5, 0.6) is 0 Å². The van der Waals surface area contributed by atoms with Gasteiger partial charge in [0.05, 0.1) is 27.8 Å². The minimum Gasteiger partial charge on any atom is -0.464 e. The molecule has 1 saturated heterocycles. The van der Waals surface area contributed by atoms with E-state index in [1.54, 1.807) is 36.6 Å². The van der Waals surface area contributed by atoms with Crippen LogP contribution < -0.4 is 5.32 Å². The monoisotopic (exact) mass is 491 g/mol. The van der Waals surface area contributed by atoms with Crippen LogP contribution in [0.25, 0.3) is 21.4 Å². The summed E-state index contributed by atoms with van der Waals surface area (Å²) >= 11 is 1.43. The van der Waals surface area contributed by atoms with Gasteiger partial charge in [0.15, 0.2) is 0 Å². The molecule has 0 aliphatic carbocycles. The molecule has 0 saturated carbocycles. The number of fused-ring (bicyclic) bond motifs is 1. The lowest BCUT2D eigenvalue weighted by atomic mass is 9.90. The predicted octanol–water partition coefficient (Wildman–Crippen LogP) is 5.67. The molecule has 4 aromatic rings. The molecule has 0 radical (unpaired) electrons. The Labute approximate surface area is 206 Å². The van der Waals surface area contributed by atoms with Crippen molar-refractivity contribution in [2.75, 3.05) is 13.1 Å². The maximum Gasteiger partial charge on any atom is 0.274 e. The van der Waals surface area contributed by atoms with E-state index >= 15 is 0 Å². The molecular weight excluding hydrogens is 465 g/mol. The average Bonchev–Trinajstić information content (AvgIpc) is 3.49. The summed E-state index contributed by atoms with van der Waals surface area (Å²) in [6.45, 7) is 4.91. The van der Waals surface area contributed by atoms with Gasteiger partial charge in [0.25, 0.3) is 11.8 Å². The van der Waals surface area contributed by atoms with Gasteiger partial charge in [0, 0.05) is 18.5 Å². The van der Waals surface area contributed by atoms with Crippen LogP contribution >= 0.6 is 11.3 Å². The van der Waals surface area contributed by atoms with Crippen LogP contribution in [0, 0.1) is 18.7 Å². The van der Waals surface area contributed by atoms with Crippen molar-refractivity contribution in [2.45, 2.75) is 32.7 Å². The number of aryl methyl sites for hydroxylation is 1. The van der Waals surface area contributed by atoms with Gasteiger partial charge in [-0.3, -0.25) is 9.59 Å². The molecule has 2 aromatic heterocycles. The first-order valence-corrected chi connectivity index (χ1v) is 12.5. The van der Waals surface area contributed by atoms with E-state index in [9.17, 15) is 14.0 Å². The average molecular weight is 492 g/mol. The zero-order valence-electron chi connectivity index (χ0n) is 19.6. The van der Waals surface area contributed by atoms with E-state index in [1.165, 1.54) is 23.5 Å². The van der Waals surface area contributed by atoms with E-state index < -0.39 is 0 Å². The molecule has 1 N–H and O–H groups in total. The van der Waals surface area contributed by atoms with E-state index in [1.807, 2.05) is 17.9 Å². The zero-order valence-corrected chi connectivity index (χ0v) is 20.4. The van der Waals surface area contributed by atoms with Crippen molar-refractivity contribution in [2.24, 2.45) is 5.92 Å². The number of hydrogen-bond acceptors (Lipinski definition) is 5. The molecule has 5 rings (SSSR count). The fourth-order valence-electron chi connectivity index (χ4n) is 4.80. The number of likely N-dealkylation sites (tertiary alicyclic amines) is 1. The van der Waals surface area contributed by atoms with E-state index in [0.29, 0.717) is 29.9 Å². The number of nitrogens with one attached hydrogen (secondary N) is 1. The van der Waals surface area contributed by atoms with E-state index in [4.69, 9.17) is 4.42 Å². The molecule has 180 valence electrons. The number of piperidine rings is 1. The fourth-order valence-corrected chi connectivity index (χ4v) is 5.72. The van der Waals surface area contributed by atoms with Crippen LogP contribution in [0.3, 0.4) is 0 Å². The van der Waals surface area contributed by atoms with Gasteiger partial charge >= 0.3 is 0 Å². The second-order valence-corrected chi connectivity index (χ2v) is 10.2. The standard InChI is InChI=1S/C27H26FN3O3S/c1-16-5-4-13-31(22(16)15-29-26(32)21-6-3-7-23-20(21)12-14-34-23)27(33)24-25(35-17(2)30-24)18-8-10-19(28)11-9-18/h3,6-12,14,16,22H,4-5,13,15H2,1-2H3,(H,29,32). The highest BCUT2D eigenvalue weighted by atomic mass is 32.1. The summed E-state index contributed by atoms with van der Waals surface area (Å²) in [4.78, 5) is 33.9. The molecule has 35 heavy (non-hydrogen) atoms. The van der Waals surface area contributed by atoms with Crippen LogP contribution in [0.15, 0.2) is 59.2 Å². The molecule has 2 amide bonds. The van der Waals surface area contributed by atoms with Crippen molar-refractivity contribution in [3.63, 3.8) is 0 Å². The second kappa shape index (κ2) is 9.62. The number of halogens is 1. The summed E-state index contributed by atoms with van der Waals surface area (Å²) in [5.41, 5.74) is 2.36. The van der Waals surface area contributed by atoms with Gasteiger partial charge in [0.1, 0.15) is 17.1 Å². The molecule has 0 spiro atoms. The SMILES string of the molecule is Cc1nc(C(=O)N2CCCC(C)C2CNC(=O)c2cccc3occc23)c(-c2ccc(F)cc2)s1. The lowest BCUT2D eigenvalue weighted by Crippen LogP contribution is -2.53. The Hall–Kier alpha value is -3.52. The molecule has 2 unspecified atom stereocenters. The van der Waals surface area contributed by atoms with Gasteiger partial charge in [-0.1, -0.05) is 25.1 Å². The number of thiazole rings is 1. The topological polar surface area (TPSA) is 75.4 Å². The number of rotatable bonds is 5. The van der Waals surface area contributed by atoms with E-state index in [0.717, 1.165) is 33.7 Å². The lowest BCUT2D eigenvalue weighted by molar-refractivity contribution is 0.0503. The summed E-state index contributed by atoms with van der Waals surface area (Å²) < 4.78 is 18.9. The van der Waals surface area contributed by atoms with E-state index in [2.05, 4.69) is 17.2 Å². The Morgan fingerprint density at radius 1 is 1.20 bits per heavy atom. The molecule has 2 aromatic carbocycles. The first-order chi connectivity index (χ1) is 16.9. The third-order valence-corrected chi connectivity index (χ3v) is 7.65. The minimum atomic E-state index is -0.324. The Bertz CT molecular complexity index is 1380. The molecule has 1 fully saturated rings. The first-order valence-electron chi connectivity index (χ1n) is 11.7. The van der Waals surface area contributed by atoms with Crippen LogP contribution in [0.1, 0.15) is 45.6 Å². The summed E-state index contributed by atoms with van der Waals surface area (Å²) in [7, 11) is 0. The van der Waals surface area contributed by atoms with Gasteiger partial charge in [-0.15, -0.1) is 11.3 Å². The van der Waals surface area contributed by atoms with Crippen LogP contribution in [0.2, 0.25) is 0 Å². The van der Waals surface area contributed by atoms with Crippen molar-refractivity contribution in [3.05, 3.63) is 76.9 Å². The Morgan fingerprint density at radius 2 is 2.00 bits per heavy atom. The van der Waals surface area contributed by atoms with Crippen LogP contribution in [-0.4, -0.2) is 40.8 Å². The second-order valence-electron chi connectivity index (χ2n) is 8.95. The smallest absolute Gasteiger partial charge is 0.274 e. The molecule has 1 aliphatic heterocycles. The number of nitrogens with zero attached hydrogens (tertiary/aromatic N) is 2. The molecule has 0 bridgehead atoms. The summed E-state index contributed by atoms with van der Waals surface area (Å²) in [6.07, 6.45) is 3.43. The maximum atomic E-state index is 13.8.